The lowest BCUT2D eigenvalue weighted by Gasteiger charge is -2.25. The molecule has 1 aromatic rings. The molecule has 1 heterocycles. The van der Waals surface area contributed by atoms with Gasteiger partial charge >= 0.3 is 0 Å². The topological polar surface area (TPSA) is 76.7 Å². The Hall–Kier alpha value is -2.08. The van der Waals surface area contributed by atoms with Crippen molar-refractivity contribution in [3.8, 4) is 5.75 Å². The molecule has 0 aromatic heterocycles. The van der Waals surface area contributed by atoms with Crippen molar-refractivity contribution in [3.05, 3.63) is 23.8 Å². The van der Waals surface area contributed by atoms with E-state index in [-0.39, 0.29) is 17.7 Å². The normalized spacial score (nSPS) is 16.2. The van der Waals surface area contributed by atoms with E-state index in [4.69, 9.17) is 9.47 Å². The Morgan fingerprint density at radius 1 is 1.38 bits per heavy atom. The standard InChI is InChI=1S/C18H26N2O4/c1-12(2)8-17(21)20-15-4-5-16-13(10-15)9-14(11-24-16)18(22)19-6-7-23-3/h4-5,10,12,14H,6-9,11H2,1-3H3,(H,19,22)(H,20,21)/t14-/m1/s1. The lowest BCUT2D eigenvalue weighted by atomic mass is 9.95. The van der Waals surface area contributed by atoms with E-state index in [1.165, 1.54) is 0 Å². The number of hydrogen-bond donors (Lipinski definition) is 2. The first-order valence-corrected chi connectivity index (χ1v) is 8.31. The Morgan fingerprint density at radius 2 is 2.17 bits per heavy atom. The summed E-state index contributed by atoms with van der Waals surface area (Å²) in [6, 6.07) is 5.57. The van der Waals surface area contributed by atoms with Crippen LogP contribution in [0.5, 0.6) is 5.75 Å². The molecule has 1 aliphatic rings. The van der Waals surface area contributed by atoms with Gasteiger partial charge in [-0.05, 0) is 36.1 Å². The van der Waals surface area contributed by atoms with Crippen LogP contribution in [0.3, 0.4) is 0 Å². The maximum Gasteiger partial charge on any atom is 0.226 e. The summed E-state index contributed by atoms with van der Waals surface area (Å²) in [6.45, 7) is 5.36. The van der Waals surface area contributed by atoms with Gasteiger partial charge in [0.2, 0.25) is 11.8 Å². The predicted molar refractivity (Wildman–Crippen MR) is 92.1 cm³/mol. The van der Waals surface area contributed by atoms with E-state index in [1.807, 2.05) is 32.0 Å². The lowest BCUT2D eigenvalue weighted by Crippen LogP contribution is -2.38. The molecule has 24 heavy (non-hydrogen) atoms. The van der Waals surface area contributed by atoms with Crippen LogP contribution in [0.15, 0.2) is 18.2 Å². The van der Waals surface area contributed by atoms with E-state index in [0.717, 1.165) is 17.0 Å². The number of carbonyl (C=O) groups is 2. The molecular formula is C18H26N2O4. The summed E-state index contributed by atoms with van der Waals surface area (Å²) in [5.74, 6) is 0.822. The molecule has 0 bridgehead atoms. The van der Waals surface area contributed by atoms with Crippen molar-refractivity contribution in [2.45, 2.75) is 26.7 Å². The van der Waals surface area contributed by atoms with Gasteiger partial charge in [0.05, 0.1) is 12.5 Å². The van der Waals surface area contributed by atoms with Gasteiger partial charge in [0.15, 0.2) is 0 Å². The van der Waals surface area contributed by atoms with Gasteiger partial charge in [-0.15, -0.1) is 0 Å². The third-order valence-corrected chi connectivity index (χ3v) is 3.82. The van der Waals surface area contributed by atoms with Gasteiger partial charge in [-0.2, -0.15) is 0 Å². The fourth-order valence-electron chi connectivity index (χ4n) is 2.64. The molecule has 2 amide bonds. The molecule has 0 aliphatic carbocycles. The summed E-state index contributed by atoms with van der Waals surface area (Å²) in [7, 11) is 1.60. The maximum absolute atomic E-state index is 12.2. The first-order chi connectivity index (χ1) is 11.5. The molecule has 0 saturated carbocycles. The molecule has 6 nitrogen and oxygen atoms in total. The Morgan fingerprint density at radius 3 is 2.88 bits per heavy atom. The molecular weight excluding hydrogens is 308 g/mol. The number of carbonyl (C=O) groups excluding carboxylic acids is 2. The highest BCUT2D eigenvalue weighted by Crippen LogP contribution is 2.30. The molecule has 132 valence electrons. The van der Waals surface area contributed by atoms with Gasteiger partial charge in [-0.1, -0.05) is 13.8 Å². The molecule has 1 aromatic carbocycles. The van der Waals surface area contributed by atoms with Crippen LogP contribution in [0.2, 0.25) is 0 Å². The molecule has 0 fully saturated rings. The number of rotatable bonds is 7. The van der Waals surface area contributed by atoms with E-state index in [0.29, 0.717) is 38.5 Å². The Bertz CT molecular complexity index is 586. The zero-order valence-corrected chi connectivity index (χ0v) is 14.6. The van der Waals surface area contributed by atoms with Crippen molar-refractivity contribution in [1.82, 2.24) is 5.32 Å². The SMILES string of the molecule is COCCNC(=O)[C@H]1COc2ccc(NC(=O)CC(C)C)cc2C1. The molecule has 0 saturated heterocycles. The van der Waals surface area contributed by atoms with Crippen LogP contribution >= 0.6 is 0 Å². The van der Waals surface area contributed by atoms with Gasteiger partial charge in [0.25, 0.3) is 0 Å². The highest BCUT2D eigenvalue weighted by molar-refractivity contribution is 5.91. The van der Waals surface area contributed by atoms with Crippen LogP contribution in [0.25, 0.3) is 0 Å². The van der Waals surface area contributed by atoms with Crippen molar-refractivity contribution >= 4 is 17.5 Å². The number of anilines is 1. The van der Waals surface area contributed by atoms with Crippen LogP contribution in [-0.2, 0) is 20.7 Å². The molecule has 6 heteroatoms. The second-order valence-electron chi connectivity index (χ2n) is 6.46. The molecule has 0 spiro atoms. The smallest absolute Gasteiger partial charge is 0.226 e. The number of amides is 2. The zero-order chi connectivity index (χ0) is 17.5. The summed E-state index contributed by atoms with van der Waals surface area (Å²) in [6.07, 6.45) is 1.08. The van der Waals surface area contributed by atoms with Gasteiger partial charge in [-0.3, -0.25) is 9.59 Å². The molecule has 2 N–H and O–H groups in total. The molecule has 1 atom stereocenters. The van der Waals surface area contributed by atoms with Gasteiger partial charge in [-0.25, -0.2) is 0 Å². The van der Waals surface area contributed by atoms with Crippen molar-refractivity contribution in [2.75, 3.05) is 32.2 Å². The maximum atomic E-state index is 12.2. The number of methoxy groups -OCH3 is 1. The van der Waals surface area contributed by atoms with Crippen molar-refractivity contribution < 1.29 is 19.1 Å². The fourth-order valence-corrected chi connectivity index (χ4v) is 2.64. The molecule has 2 rings (SSSR count). The summed E-state index contributed by atoms with van der Waals surface area (Å²) >= 11 is 0. The van der Waals surface area contributed by atoms with Crippen molar-refractivity contribution in [3.63, 3.8) is 0 Å². The van der Waals surface area contributed by atoms with Crippen LogP contribution < -0.4 is 15.4 Å². The fraction of sp³-hybridized carbons (Fsp3) is 0.556. The average molecular weight is 334 g/mol. The lowest BCUT2D eigenvalue weighted by molar-refractivity contribution is -0.126. The quantitative estimate of drug-likeness (QED) is 0.748. The summed E-state index contributed by atoms with van der Waals surface area (Å²) in [5.41, 5.74) is 1.68. The van der Waals surface area contributed by atoms with Crippen LogP contribution in [0.4, 0.5) is 5.69 Å². The van der Waals surface area contributed by atoms with Crippen LogP contribution in [-0.4, -0.2) is 38.7 Å². The third-order valence-electron chi connectivity index (χ3n) is 3.82. The van der Waals surface area contributed by atoms with Crippen molar-refractivity contribution in [2.24, 2.45) is 11.8 Å². The monoisotopic (exact) mass is 334 g/mol. The van der Waals surface area contributed by atoms with E-state index in [1.54, 1.807) is 7.11 Å². The van der Waals surface area contributed by atoms with Crippen molar-refractivity contribution in [1.29, 1.82) is 0 Å². The molecule has 0 unspecified atom stereocenters. The molecule has 1 aliphatic heterocycles. The third kappa shape index (κ3) is 5.23. The van der Waals surface area contributed by atoms with Gasteiger partial charge < -0.3 is 20.1 Å². The van der Waals surface area contributed by atoms with E-state index in [9.17, 15) is 9.59 Å². The van der Waals surface area contributed by atoms with Gasteiger partial charge in [0.1, 0.15) is 12.4 Å². The Balaban J connectivity index is 1.97. The minimum absolute atomic E-state index is 0.00413. The number of ether oxygens (including phenoxy) is 2. The summed E-state index contributed by atoms with van der Waals surface area (Å²) in [5, 5.41) is 5.74. The largest absolute Gasteiger partial charge is 0.492 e. The predicted octanol–water partition coefficient (Wildman–Crippen LogP) is 1.98. The minimum atomic E-state index is -0.226. The average Bonchev–Trinajstić information content (AvgIpc) is 2.53. The van der Waals surface area contributed by atoms with E-state index in [2.05, 4.69) is 10.6 Å². The number of nitrogens with one attached hydrogen (secondary N) is 2. The van der Waals surface area contributed by atoms with Crippen LogP contribution in [0, 0.1) is 11.8 Å². The highest BCUT2D eigenvalue weighted by Gasteiger charge is 2.26. The second kappa shape index (κ2) is 8.68. The number of fused-ring (bicyclic) bond motifs is 1. The second-order valence-corrected chi connectivity index (χ2v) is 6.46. The zero-order valence-electron chi connectivity index (χ0n) is 14.6. The summed E-state index contributed by atoms with van der Waals surface area (Å²) < 4.78 is 10.6. The van der Waals surface area contributed by atoms with E-state index >= 15 is 0 Å². The molecule has 0 radical (unpaired) electrons. The highest BCUT2D eigenvalue weighted by atomic mass is 16.5. The number of hydrogen-bond acceptors (Lipinski definition) is 4. The first kappa shape index (κ1) is 18.3. The van der Waals surface area contributed by atoms with Gasteiger partial charge in [0, 0.05) is 25.8 Å². The van der Waals surface area contributed by atoms with Crippen LogP contribution in [0.1, 0.15) is 25.8 Å². The Kier molecular flexibility index (Phi) is 6.61. The Labute approximate surface area is 142 Å². The number of benzene rings is 1. The minimum Gasteiger partial charge on any atom is -0.492 e. The van der Waals surface area contributed by atoms with E-state index < -0.39 is 0 Å². The summed E-state index contributed by atoms with van der Waals surface area (Å²) in [4.78, 5) is 24.0. The first-order valence-electron chi connectivity index (χ1n) is 8.31.